The van der Waals surface area contributed by atoms with Crippen LogP contribution in [0.2, 0.25) is 0 Å². The first-order valence-electron chi connectivity index (χ1n) is 11.0. The van der Waals surface area contributed by atoms with Gasteiger partial charge in [0.2, 0.25) is 5.88 Å². The number of ether oxygens (including phenoxy) is 2. The van der Waals surface area contributed by atoms with Crippen LogP contribution in [0.1, 0.15) is 44.2 Å². The molecule has 1 aromatic carbocycles. The molecule has 3 atom stereocenters. The summed E-state index contributed by atoms with van der Waals surface area (Å²) in [5.41, 5.74) is -0.235. The van der Waals surface area contributed by atoms with E-state index >= 15 is 0 Å². The molecular weight excluding hydrogens is 404 g/mol. The number of rotatable bonds is 7. The van der Waals surface area contributed by atoms with Gasteiger partial charge >= 0.3 is 6.01 Å². The third-order valence-corrected chi connectivity index (χ3v) is 6.42. The Bertz CT molecular complexity index is 929. The molecule has 0 bridgehead atoms. The molecule has 1 aliphatic heterocycles. The molecule has 1 saturated carbocycles. The number of aromatic nitrogens is 2. The SMILES string of the molecule is CCOc1ncc(C2(O)CCCC3CN(Cc4cc(F)ccc4F)CC32)c(OCC)n1. The zero-order valence-corrected chi connectivity index (χ0v) is 18.0. The van der Waals surface area contributed by atoms with Crippen LogP contribution in [0.15, 0.2) is 24.4 Å². The van der Waals surface area contributed by atoms with Gasteiger partial charge in [-0.15, -0.1) is 0 Å². The molecule has 8 heteroatoms. The van der Waals surface area contributed by atoms with Gasteiger partial charge in [0.15, 0.2) is 0 Å². The average Bonchev–Trinajstić information content (AvgIpc) is 3.16. The van der Waals surface area contributed by atoms with Crippen LogP contribution in [0.4, 0.5) is 8.78 Å². The number of benzene rings is 1. The van der Waals surface area contributed by atoms with Crippen LogP contribution in [0.25, 0.3) is 0 Å². The Balaban J connectivity index is 1.60. The Hall–Kier alpha value is -2.32. The maximum atomic E-state index is 14.2. The Labute approximate surface area is 181 Å². The molecule has 1 aromatic heterocycles. The molecule has 2 heterocycles. The van der Waals surface area contributed by atoms with Gasteiger partial charge in [-0.05, 0) is 57.2 Å². The van der Waals surface area contributed by atoms with E-state index in [0.29, 0.717) is 49.7 Å². The first-order valence-corrected chi connectivity index (χ1v) is 11.0. The maximum Gasteiger partial charge on any atom is 0.319 e. The first kappa shape index (κ1) is 21.9. The standard InChI is InChI=1S/C23H29F2N3O3/c1-3-30-21-18(11-26-22(27-21)31-4-2)23(29)9-5-6-15-12-28(14-19(15)23)13-16-10-17(24)7-8-20(16)25/h7-8,10-11,15,19,29H,3-6,9,12-14H2,1-2H3. The molecule has 168 valence electrons. The first-order chi connectivity index (χ1) is 14.9. The number of nitrogens with zero attached hydrogens (tertiary/aromatic N) is 3. The van der Waals surface area contributed by atoms with Crippen LogP contribution >= 0.6 is 0 Å². The number of likely N-dealkylation sites (tertiary alicyclic amines) is 1. The summed E-state index contributed by atoms with van der Waals surface area (Å²) in [4.78, 5) is 10.7. The highest BCUT2D eigenvalue weighted by atomic mass is 19.1. The lowest BCUT2D eigenvalue weighted by molar-refractivity contribution is -0.0672. The van der Waals surface area contributed by atoms with E-state index in [9.17, 15) is 13.9 Å². The molecule has 2 fully saturated rings. The summed E-state index contributed by atoms with van der Waals surface area (Å²) < 4.78 is 38.9. The summed E-state index contributed by atoms with van der Waals surface area (Å²) in [5.74, 6) is -0.337. The summed E-state index contributed by atoms with van der Waals surface area (Å²) in [5, 5.41) is 11.9. The van der Waals surface area contributed by atoms with E-state index in [0.717, 1.165) is 31.5 Å². The van der Waals surface area contributed by atoms with E-state index in [1.54, 1.807) is 6.20 Å². The summed E-state index contributed by atoms with van der Waals surface area (Å²) in [7, 11) is 0. The number of hydrogen-bond acceptors (Lipinski definition) is 6. The van der Waals surface area contributed by atoms with E-state index in [2.05, 4.69) is 14.9 Å². The van der Waals surface area contributed by atoms with E-state index in [1.807, 2.05) is 13.8 Å². The summed E-state index contributed by atoms with van der Waals surface area (Å²) >= 11 is 0. The number of aliphatic hydroxyl groups is 1. The van der Waals surface area contributed by atoms with Crippen molar-refractivity contribution in [2.24, 2.45) is 11.8 Å². The van der Waals surface area contributed by atoms with Gasteiger partial charge in [0.05, 0.1) is 18.8 Å². The minimum Gasteiger partial charge on any atom is -0.478 e. The van der Waals surface area contributed by atoms with Gasteiger partial charge in [-0.3, -0.25) is 4.90 Å². The van der Waals surface area contributed by atoms with Gasteiger partial charge in [-0.2, -0.15) is 4.98 Å². The second kappa shape index (κ2) is 9.04. The van der Waals surface area contributed by atoms with Gasteiger partial charge < -0.3 is 14.6 Å². The van der Waals surface area contributed by atoms with Crippen molar-refractivity contribution < 1.29 is 23.4 Å². The summed E-state index contributed by atoms with van der Waals surface area (Å²) in [6.45, 7) is 6.18. The smallest absolute Gasteiger partial charge is 0.319 e. The van der Waals surface area contributed by atoms with Crippen molar-refractivity contribution in [3.05, 3.63) is 47.2 Å². The molecule has 0 spiro atoms. The fourth-order valence-electron chi connectivity index (χ4n) is 5.08. The van der Waals surface area contributed by atoms with Gasteiger partial charge in [0, 0.05) is 37.3 Å². The molecule has 3 unspecified atom stereocenters. The monoisotopic (exact) mass is 433 g/mol. The molecule has 0 radical (unpaired) electrons. The highest BCUT2D eigenvalue weighted by Crippen LogP contribution is 2.50. The third-order valence-electron chi connectivity index (χ3n) is 6.42. The molecule has 2 aliphatic rings. The lowest BCUT2D eigenvalue weighted by Gasteiger charge is -2.41. The lowest BCUT2D eigenvalue weighted by Crippen LogP contribution is -2.43. The second-order valence-electron chi connectivity index (χ2n) is 8.35. The van der Waals surface area contributed by atoms with Crippen LogP contribution in [0.5, 0.6) is 11.9 Å². The van der Waals surface area contributed by atoms with Crippen molar-refractivity contribution in [3.63, 3.8) is 0 Å². The molecule has 1 aliphatic carbocycles. The van der Waals surface area contributed by atoms with E-state index in [4.69, 9.17) is 9.47 Å². The van der Waals surface area contributed by atoms with Crippen LogP contribution < -0.4 is 9.47 Å². The Morgan fingerprint density at radius 3 is 2.77 bits per heavy atom. The fraction of sp³-hybridized carbons (Fsp3) is 0.565. The van der Waals surface area contributed by atoms with Gasteiger partial charge in [0.1, 0.15) is 17.2 Å². The van der Waals surface area contributed by atoms with Crippen molar-refractivity contribution in [2.45, 2.75) is 45.3 Å². The highest BCUT2D eigenvalue weighted by Gasteiger charge is 2.51. The molecule has 31 heavy (non-hydrogen) atoms. The Morgan fingerprint density at radius 1 is 1.19 bits per heavy atom. The quantitative estimate of drug-likeness (QED) is 0.719. The molecule has 1 saturated heterocycles. The van der Waals surface area contributed by atoms with Crippen LogP contribution in [-0.4, -0.2) is 46.3 Å². The molecular formula is C23H29F2N3O3. The van der Waals surface area contributed by atoms with Crippen LogP contribution in [-0.2, 0) is 12.1 Å². The van der Waals surface area contributed by atoms with Gasteiger partial charge in [-0.1, -0.05) is 0 Å². The van der Waals surface area contributed by atoms with Crippen molar-refractivity contribution >= 4 is 0 Å². The average molecular weight is 433 g/mol. The normalized spacial score (nSPS) is 26.0. The second-order valence-corrected chi connectivity index (χ2v) is 8.35. The van der Waals surface area contributed by atoms with E-state index < -0.39 is 17.2 Å². The van der Waals surface area contributed by atoms with E-state index in [1.165, 1.54) is 6.07 Å². The maximum absolute atomic E-state index is 14.2. The molecule has 1 N–H and O–H groups in total. The summed E-state index contributed by atoms with van der Waals surface area (Å²) in [6, 6.07) is 3.76. The lowest BCUT2D eigenvalue weighted by atomic mass is 9.68. The number of halogens is 2. The van der Waals surface area contributed by atoms with E-state index in [-0.39, 0.29) is 17.8 Å². The molecule has 0 amide bonds. The van der Waals surface area contributed by atoms with Crippen LogP contribution in [0, 0.1) is 23.5 Å². The predicted molar refractivity (Wildman–Crippen MR) is 111 cm³/mol. The van der Waals surface area contributed by atoms with Crippen molar-refractivity contribution in [2.75, 3.05) is 26.3 Å². The minimum absolute atomic E-state index is 0.0707. The van der Waals surface area contributed by atoms with Crippen molar-refractivity contribution in [3.8, 4) is 11.9 Å². The topological polar surface area (TPSA) is 67.7 Å². The predicted octanol–water partition coefficient (Wildman–Crippen LogP) is 3.67. The Morgan fingerprint density at radius 2 is 2.00 bits per heavy atom. The molecule has 4 rings (SSSR count). The number of fused-ring (bicyclic) bond motifs is 1. The molecule has 6 nitrogen and oxygen atoms in total. The van der Waals surface area contributed by atoms with Crippen molar-refractivity contribution in [1.29, 1.82) is 0 Å². The van der Waals surface area contributed by atoms with Gasteiger partial charge in [-0.25, -0.2) is 13.8 Å². The highest BCUT2D eigenvalue weighted by molar-refractivity contribution is 5.33. The minimum atomic E-state index is -1.15. The fourth-order valence-corrected chi connectivity index (χ4v) is 5.08. The largest absolute Gasteiger partial charge is 0.478 e. The molecule has 2 aromatic rings. The van der Waals surface area contributed by atoms with Gasteiger partial charge in [0.25, 0.3) is 0 Å². The number of hydrogen-bond donors (Lipinski definition) is 1. The zero-order valence-electron chi connectivity index (χ0n) is 18.0. The summed E-state index contributed by atoms with van der Waals surface area (Å²) in [6.07, 6.45) is 4.03. The van der Waals surface area contributed by atoms with Crippen LogP contribution in [0.3, 0.4) is 0 Å². The van der Waals surface area contributed by atoms with Crippen molar-refractivity contribution in [1.82, 2.24) is 14.9 Å². The Kier molecular flexibility index (Phi) is 6.39. The zero-order chi connectivity index (χ0) is 22.0. The third kappa shape index (κ3) is 4.36.